The van der Waals surface area contributed by atoms with Crippen molar-refractivity contribution in [3.8, 4) is 5.88 Å². The topological polar surface area (TPSA) is 103 Å². The third-order valence-corrected chi connectivity index (χ3v) is 4.46. The lowest BCUT2D eigenvalue weighted by molar-refractivity contribution is -0.127. The first kappa shape index (κ1) is 22.1. The van der Waals surface area contributed by atoms with Gasteiger partial charge in [0.1, 0.15) is 11.2 Å². The first-order chi connectivity index (χ1) is 13.8. The zero-order chi connectivity index (χ0) is 22.3. The summed E-state index contributed by atoms with van der Waals surface area (Å²) < 4.78 is 21.4. The fourth-order valence-electron chi connectivity index (χ4n) is 3.16. The smallest absolute Gasteiger partial charge is 0.425 e. The van der Waals surface area contributed by atoms with E-state index in [1.807, 2.05) is 4.90 Å². The number of ether oxygens (including phenoxy) is 4. The van der Waals surface area contributed by atoms with Gasteiger partial charge >= 0.3 is 12.2 Å². The second-order valence-corrected chi connectivity index (χ2v) is 9.71. The van der Waals surface area contributed by atoms with Crippen molar-refractivity contribution in [1.82, 2.24) is 9.97 Å². The van der Waals surface area contributed by atoms with Crippen LogP contribution in [-0.2, 0) is 14.2 Å². The number of imide groups is 1. The lowest BCUT2D eigenvalue weighted by atomic mass is 9.78. The molecule has 1 aromatic rings. The molecule has 2 saturated heterocycles. The van der Waals surface area contributed by atoms with Crippen LogP contribution < -0.4 is 14.5 Å². The number of hydrogen-bond acceptors (Lipinski definition) is 9. The SMILES string of the molecule is COc1nc(N2CC3(COC3)C2)cnc1N(C(=O)OC(C)(C)C)C(=O)OC(C)(C)C. The summed E-state index contributed by atoms with van der Waals surface area (Å²) in [6.07, 6.45) is -0.343. The fraction of sp³-hybridized carbons (Fsp3) is 0.700. The number of anilines is 2. The lowest BCUT2D eigenvalue weighted by Gasteiger charge is -2.55. The molecule has 1 spiro atoms. The van der Waals surface area contributed by atoms with Gasteiger partial charge in [0.2, 0.25) is 5.82 Å². The molecule has 0 aliphatic carbocycles. The van der Waals surface area contributed by atoms with E-state index in [2.05, 4.69) is 9.97 Å². The molecule has 3 heterocycles. The first-order valence-electron chi connectivity index (χ1n) is 9.82. The molecule has 166 valence electrons. The Balaban J connectivity index is 1.89. The van der Waals surface area contributed by atoms with Gasteiger partial charge in [-0.05, 0) is 41.5 Å². The van der Waals surface area contributed by atoms with Gasteiger partial charge in [0.05, 0.1) is 31.9 Å². The van der Waals surface area contributed by atoms with Crippen molar-refractivity contribution in [3.63, 3.8) is 0 Å². The van der Waals surface area contributed by atoms with Crippen molar-refractivity contribution in [1.29, 1.82) is 0 Å². The van der Waals surface area contributed by atoms with E-state index in [1.165, 1.54) is 13.3 Å². The number of amides is 2. The van der Waals surface area contributed by atoms with E-state index in [4.69, 9.17) is 18.9 Å². The molecule has 2 amide bonds. The molecule has 0 saturated carbocycles. The maximum absolute atomic E-state index is 12.8. The summed E-state index contributed by atoms with van der Waals surface area (Å²) in [4.78, 5) is 37.2. The van der Waals surface area contributed by atoms with Gasteiger partial charge in [0.25, 0.3) is 5.88 Å². The van der Waals surface area contributed by atoms with Gasteiger partial charge < -0.3 is 23.8 Å². The average Bonchev–Trinajstić information content (AvgIpc) is 2.49. The molecule has 1 aromatic heterocycles. The third kappa shape index (κ3) is 4.75. The zero-order valence-electron chi connectivity index (χ0n) is 18.6. The minimum absolute atomic E-state index is 0.0232. The minimum atomic E-state index is -0.924. The second-order valence-electron chi connectivity index (χ2n) is 9.71. The number of hydrogen-bond donors (Lipinski definition) is 0. The van der Waals surface area contributed by atoms with Crippen molar-refractivity contribution >= 4 is 23.8 Å². The number of carbonyl (C=O) groups excluding carboxylic acids is 2. The molecule has 0 radical (unpaired) electrons. The summed E-state index contributed by atoms with van der Waals surface area (Å²) in [6.45, 7) is 13.3. The van der Waals surface area contributed by atoms with Gasteiger partial charge in [0, 0.05) is 13.1 Å². The first-order valence-corrected chi connectivity index (χ1v) is 9.82. The molecule has 10 nitrogen and oxygen atoms in total. The van der Waals surface area contributed by atoms with E-state index < -0.39 is 23.4 Å². The van der Waals surface area contributed by atoms with Crippen molar-refractivity contribution in [3.05, 3.63) is 6.20 Å². The number of rotatable bonds is 3. The van der Waals surface area contributed by atoms with Crippen LogP contribution in [0.4, 0.5) is 21.2 Å². The van der Waals surface area contributed by atoms with E-state index in [0.717, 1.165) is 26.3 Å². The average molecular weight is 422 g/mol. The standard InChI is InChI=1S/C20H30N4O6/c1-18(2,3)29-16(25)24(17(26)30-19(4,5)6)14-15(27-7)22-13(8-21-14)23-9-20(10-23)11-28-12-20/h8H,9-12H2,1-7H3. The molecule has 2 fully saturated rings. The summed E-state index contributed by atoms with van der Waals surface area (Å²) in [7, 11) is 1.40. The van der Waals surface area contributed by atoms with E-state index in [1.54, 1.807) is 41.5 Å². The Labute approximate surface area is 176 Å². The van der Waals surface area contributed by atoms with Gasteiger partial charge in [0.15, 0.2) is 5.82 Å². The number of methoxy groups -OCH3 is 1. The van der Waals surface area contributed by atoms with Crippen LogP contribution in [0, 0.1) is 5.41 Å². The van der Waals surface area contributed by atoms with Crippen LogP contribution in [0.1, 0.15) is 41.5 Å². The van der Waals surface area contributed by atoms with Gasteiger partial charge in [-0.15, -0.1) is 0 Å². The predicted molar refractivity (Wildman–Crippen MR) is 109 cm³/mol. The van der Waals surface area contributed by atoms with Crippen molar-refractivity contribution in [2.75, 3.05) is 43.2 Å². The van der Waals surface area contributed by atoms with Gasteiger partial charge in [-0.25, -0.2) is 14.6 Å². The Morgan fingerprint density at radius 2 is 1.60 bits per heavy atom. The molecule has 0 bridgehead atoms. The highest BCUT2D eigenvalue weighted by Crippen LogP contribution is 2.40. The van der Waals surface area contributed by atoms with Gasteiger partial charge in [-0.1, -0.05) is 0 Å². The molecule has 0 aromatic carbocycles. The number of nitrogens with zero attached hydrogens (tertiary/aromatic N) is 4. The van der Waals surface area contributed by atoms with Crippen LogP contribution in [0.15, 0.2) is 6.20 Å². The lowest BCUT2D eigenvalue weighted by Crippen LogP contribution is -2.66. The molecule has 2 aliphatic rings. The van der Waals surface area contributed by atoms with E-state index in [-0.39, 0.29) is 17.1 Å². The Morgan fingerprint density at radius 1 is 1.07 bits per heavy atom. The highest BCUT2D eigenvalue weighted by atomic mass is 16.6. The fourth-order valence-corrected chi connectivity index (χ4v) is 3.16. The van der Waals surface area contributed by atoms with Gasteiger partial charge in [-0.3, -0.25) is 0 Å². The van der Waals surface area contributed by atoms with Crippen molar-refractivity contribution in [2.24, 2.45) is 5.41 Å². The molecule has 0 atom stereocenters. The quantitative estimate of drug-likeness (QED) is 0.727. The van der Waals surface area contributed by atoms with Crippen LogP contribution in [0.5, 0.6) is 5.88 Å². The van der Waals surface area contributed by atoms with Crippen LogP contribution in [0.2, 0.25) is 0 Å². The Morgan fingerprint density at radius 3 is 2.00 bits per heavy atom. The molecule has 10 heteroatoms. The third-order valence-electron chi connectivity index (χ3n) is 4.46. The van der Waals surface area contributed by atoms with Crippen LogP contribution in [0.3, 0.4) is 0 Å². The Hall–Kier alpha value is -2.62. The summed E-state index contributed by atoms with van der Waals surface area (Å²) in [5.74, 6) is 0.531. The molecule has 0 unspecified atom stereocenters. The molecular formula is C20H30N4O6. The van der Waals surface area contributed by atoms with E-state index in [9.17, 15) is 9.59 Å². The maximum Gasteiger partial charge on any atom is 0.425 e. The highest BCUT2D eigenvalue weighted by molar-refractivity contribution is 6.09. The summed E-state index contributed by atoms with van der Waals surface area (Å²) in [5.41, 5.74) is -1.45. The van der Waals surface area contributed by atoms with Crippen LogP contribution in [-0.4, -0.2) is 66.8 Å². The molecule has 3 rings (SSSR count). The predicted octanol–water partition coefficient (Wildman–Crippen LogP) is 3.00. The Bertz CT molecular complexity index is 790. The summed E-state index contributed by atoms with van der Waals surface area (Å²) >= 11 is 0. The van der Waals surface area contributed by atoms with Crippen LogP contribution >= 0.6 is 0 Å². The van der Waals surface area contributed by atoms with Gasteiger partial charge in [-0.2, -0.15) is 9.88 Å². The normalized spacial score (nSPS) is 17.6. The maximum atomic E-state index is 12.8. The second kappa shape index (κ2) is 7.57. The van der Waals surface area contributed by atoms with Crippen LogP contribution in [0.25, 0.3) is 0 Å². The highest BCUT2D eigenvalue weighted by Gasteiger charge is 2.49. The monoisotopic (exact) mass is 422 g/mol. The largest absolute Gasteiger partial charge is 0.478 e. The Kier molecular flexibility index (Phi) is 5.57. The molecule has 30 heavy (non-hydrogen) atoms. The van der Waals surface area contributed by atoms with E-state index >= 15 is 0 Å². The van der Waals surface area contributed by atoms with E-state index in [0.29, 0.717) is 10.7 Å². The number of aromatic nitrogens is 2. The molecule has 2 aliphatic heterocycles. The van der Waals surface area contributed by atoms with Crippen molar-refractivity contribution in [2.45, 2.75) is 52.7 Å². The molecular weight excluding hydrogens is 392 g/mol. The number of carbonyl (C=O) groups is 2. The minimum Gasteiger partial charge on any atom is -0.478 e. The summed E-state index contributed by atoms with van der Waals surface area (Å²) in [5, 5.41) is 0. The summed E-state index contributed by atoms with van der Waals surface area (Å²) in [6, 6.07) is 0. The zero-order valence-corrected chi connectivity index (χ0v) is 18.6. The molecule has 0 N–H and O–H groups in total. The van der Waals surface area contributed by atoms with Crippen molar-refractivity contribution < 1.29 is 28.5 Å².